The molecule has 0 unspecified atom stereocenters. The molecule has 1 aromatic heterocycles. The highest BCUT2D eigenvalue weighted by Crippen LogP contribution is 2.31. The third-order valence-electron chi connectivity index (χ3n) is 8.00. The maximum Gasteiger partial charge on any atom is 0.407 e. The first kappa shape index (κ1) is 31.3. The molecule has 1 aliphatic heterocycles. The summed E-state index contributed by atoms with van der Waals surface area (Å²) in [5.41, 5.74) is 4.96. The van der Waals surface area contributed by atoms with Crippen LogP contribution in [0.25, 0.3) is 22.6 Å². The van der Waals surface area contributed by atoms with Crippen LogP contribution in [0.4, 0.5) is 4.79 Å². The van der Waals surface area contributed by atoms with E-state index in [1.54, 1.807) is 18.2 Å². The van der Waals surface area contributed by atoms with Gasteiger partial charge in [0.2, 0.25) is 11.8 Å². The molecule has 3 amide bonds. The van der Waals surface area contributed by atoms with E-state index in [0.717, 1.165) is 29.5 Å². The summed E-state index contributed by atoms with van der Waals surface area (Å²) in [6.07, 6.45) is 1.25. The number of alkyl carbamates (subject to hydrolysis) is 1. The number of hydrogen-bond donors (Lipinski definition) is 2. The molecule has 3 aromatic carbocycles. The van der Waals surface area contributed by atoms with Crippen LogP contribution in [-0.4, -0.2) is 54.0 Å². The van der Waals surface area contributed by atoms with Crippen LogP contribution in [0.3, 0.4) is 0 Å². The summed E-state index contributed by atoms with van der Waals surface area (Å²) in [4.78, 5) is 43.8. The van der Waals surface area contributed by atoms with Gasteiger partial charge in [-0.15, -0.1) is 0 Å². The molecular weight excluding hydrogens is 570 g/mol. The topological polar surface area (TPSA) is 138 Å². The molecule has 0 saturated carbocycles. The molecule has 0 radical (unpaired) electrons. The summed E-state index contributed by atoms with van der Waals surface area (Å²) in [5, 5.41) is 15.0. The van der Waals surface area contributed by atoms with Gasteiger partial charge in [0, 0.05) is 49.3 Å². The van der Waals surface area contributed by atoms with Gasteiger partial charge in [0.25, 0.3) is 5.91 Å². The maximum absolute atomic E-state index is 12.8. The number of carbonyl (C=O) groups is 3. The van der Waals surface area contributed by atoms with Gasteiger partial charge in [-0.3, -0.25) is 9.59 Å². The second kappa shape index (κ2) is 14.5. The number of likely N-dealkylation sites (tertiary alicyclic amines) is 1. The van der Waals surface area contributed by atoms with Crippen molar-refractivity contribution in [2.75, 3.05) is 26.2 Å². The summed E-state index contributed by atoms with van der Waals surface area (Å²) < 4.78 is 11.3. The van der Waals surface area contributed by atoms with Crippen LogP contribution < -0.4 is 10.6 Å². The quantitative estimate of drug-likeness (QED) is 0.233. The number of carbonyl (C=O) groups excluding carboxylic acids is 3. The van der Waals surface area contributed by atoms with E-state index < -0.39 is 6.09 Å². The zero-order valence-electron chi connectivity index (χ0n) is 25.5. The van der Waals surface area contributed by atoms with Gasteiger partial charge in [-0.05, 0) is 66.6 Å². The van der Waals surface area contributed by atoms with Crippen molar-refractivity contribution in [3.63, 3.8) is 0 Å². The van der Waals surface area contributed by atoms with E-state index in [0.29, 0.717) is 47.8 Å². The van der Waals surface area contributed by atoms with Gasteiger partial charge in [-0.25, -0.2) is 9.78 Å². The maximum atomic E-state index is 12.8. The van der Waals surface area contributed by atoms with Crippen LogP contribution in [0, 0.1) is 17.2 Å². The summed E-state index contributed by atoms with van der Waals surface area (Å²) in [7, 11) is 0. The van der Waals surface area contributed by atoms with E-state index in [4.69, 9.17) is 9.15 Å². The lowest BCUT2D eigenvalue weighted by Gasteiger charge is -2.32. The van der Waals surface area contributed by atoms with Crippen molar-refractivity contribution < 1.29 is 23.5 Å². The number of nitrogens with zero attached hydrogens (tertiary/aromatic N) is 3. The monoisotopic (exact) mass is 607 g/mol. The molecule has 5 rings (SSSR count). The number of fused-ring (bicyclic) bond motifs is 1. The molecule has 10 nitrogen and oxygen atoms in total. The molecule has 0 atom stereocenters. The number of piperidine rings is 1. The first-order valence-electron chi connectivity index (χ1n) is 15.3. The van der Waals surface area contributed by atoms with Crippen molar-refractivity contribution in [2.45, 2.75) is 45.6 Å². The number of hydrogen-bond acceptors (Lipinski definition) is 7. The zero-order chi connectivity index (χ0) is 31.8. The number of benzene rings is 3. The van der Waals surface area contributed by atoms with Gasteiger partial charge in [0.05, 0.1) is 11.6 Å². The Labute approximate surface area is 262 Å². The van der Waals surface area contributed by atoms with Crippen LogP contribution in [0.5, 0.6) is 0 Å². The summed E-state index contributed by atoms with van der Waals surface area (Å²) >= 11 is 0. The Kier molecular flexibility index (Phi) is 10.1. The Morgan fingerprint density at radius 1 is 1.04 bits per heavy atom. The lowest BCUT2D eigenvalue weighted by Crippen LogP contribution is -2.42. The van der Waals surface area contributed by atoms with Crippen molar-refractivity contribution >= 4 is 29.0 Å². The van der Waals surface area contributed by atoms with Crippen LogP contribution in [0.2, 0.25) is 0 Å². The fourth-order valence-electron chi connectivity index (χ4n) is 5.37. The third-order valence-corrected chi connectivity index (χ3v) is 8.00. The Bertz CT molecular complexity index is 1680. The predicted octanol–water partition coefficient (Wildman–Crippen LogP) is 5.77. The Morgan fingerprint density at radius 2 is 1.78 bits per heavy atom. The summed E-state index contributed by atoms with van der Waals surface area (Å²) in [6.45, 7) is 6.25. The predicted molar refractivity (Wildman–Crippen MR) is 169 cm³/mol. The molecule has 0 aliphatic carbocycles. The first-order valence-corrected chi connectivity index (χ1v) is 15.3. The molecule has 1 aliphatic rings. The molecule has 2 N–H and O–H groups in total. The molecule has 10 heteroatoms. The molecule has 0 spiro atoms. The molecule has 0 bridgehead atoms. The number of ether oxygens (including phenoxy) is 1. The highest BCUT2D eigenvalue weighted by atomic mass is 16.5. The van der Waals surface area contributed by atoms with Crippen molar-refractivity contribution in [3.05, 3.63) is 89.0 Å². The smallest absolute Gasteiger partial charge is 0.407 e. The van der Waals surface area contributed by atoms with E-state index in [1.807, 2.05) is 67.3 Å². The van der Waals surface area contributed by atoms with Crippen LogP contribution in [0.15, 0.2) is 71.1 Å². The van der Waals surface area contributed by atoms with E-state index in [-0.39, 0.29) is 43.2 Å². The largest absolute Gasteiger partial charge is 0.445 e. The van der Waals surface area contributed by atoms with E-state index in [2.05, 4.69) is 21.7 Å². The van der Waals surface area contributed by atoms with Gasteiger partial charge < -0.3 is 24.7 Å². The summed E-state index contributed by atoms with van der Waals surface area (Å²) in [6, 6.07) is 22.3. The van der Waals surface area contributed by atoms with Crippen molar-refractivity contribution in [3.8, 4) is 17.5 Å². The number of oxazole rings is 1. The number of amides is 3. The van der Waals surface area contributed by atoms with Crippen LogP contribution in [-0.2, 0) is 16.1 Å². The first-order chi connectivity index (χ1) is 21.8. The number of rotatable bonds is 10. The standard InChI is InChI=1S/C35H37N5O5/c1-23(2)29-18-26(20-36)19-30-32(29)45-34(39-30)28-10-8-27(9-11-28)33(42)38-21-24-13-16-40(17-14-24)31(41)12-15-37-35(43)44-22-25-6-4-3-5-7-25/h3-11,18-19,23-24H,12-17,21-22H2,1-2H3,(H,37,43)(H,38,42). The fourth-order valence-corrected chi connectivity index (χ4v) is 5.37. The molecular formula is C35H37N5O5. The Hall–Kier alpha value is -5.17. The van der Waals surface area contributed by atoms with E-state index in [9.17, 15) is 19.6 Å². The van der Waals surface area contributed by atoms with E-state index >= 15 is 0 Å². The molecule has 45 heavy (non-hydrogen) atoms. The van der Waals surface area contributed by atoms with Gasteiger partial charge in [-0.1, -0.05) is 44.2 Å². The van der Waals surface area contributed by atoms with Crippen molar-refractivity contribution in [1.29, 1.82) is 5.26 Å². The lowest BCUT2D eigenvalue weighted by atomic mass is 9.96. The lowest BCUT2D eigenvalue weighted by molar-refractivity contribution is -0.132. The average molecular weight is 608 g/mol. The van der Waals surface area contributed by atoms with Gasteiger partial charge in [0.1, 0.15) is 12.1 Å². The second-order valence-corrected chi connectivity index (χ2v) is 11.5. The highest BCUT2D eigenvalue weighted by molar-refractivity contribution is 5.94. The third kappa shape index (κ3) is 8.06. The highest BCUT2D eigenvalue weighted by Gasteiger charge is 2.23. The minimum absolute atomic E-state index is 0.00851. The van der Waals surface area contributed by atoms with E-state index in [1.165, 1.54) is 0 Å². The molecule has 2 heterocycles. The number of aromatic nitrogens is 1. The van der Waals surface area contributed by atoms with Gasteiger partial charge >= 0.3 is 6.09 Å². The average Bonchev–Trinajstić information content (AvgIpc) is 3.50. The zero-order valence-corrected chi connectivity index (χ0v) is 25.5. The molecule has 232 valence electrons. The minimum atomic E-state index is -0.544. The van der Waals surface area contributed by atoms with Crippen LogP contribution in [0.1, 0.15) is 66.1 Å². The van der Waals surface area contributed by atoms with Crippen molar-refractivity contribution in [1.82, 2.24) is 20.5 Å². The van der Waals surface area contributed by atoms with Crippen molar-refractivity contribution in [2.24, 2.45) is 5.92 Å². The normalized spacial score (nSPS) is 13.4. The minimum Gasteiger partial charge on any atom is -0.445 e. The SMILES string of the molecule is CC(C)c1cc(C#N)cc2nc(-c3ccc(C(=O)NCC4CCN(C(=O)CCNC(=O)OCc5ccccc5)CC4)cc3)oc12. The number of nitriles is 1. The van der Waals surface area contributed by atoms with Crippen LogP contribution >= 0.6 is 0 Å². The van der Waals surface area contributed by atoms with Gasteiger partial charge in [0.15, 0.2) is 5.58 Å². The molecule has 1 saturated heterocycles. The Balaban J connectivity index is 1.04. The molecule has 1 fully saturated rings. The summed E-state index contributed by atoms with van der Waals surface area (Å²) in [5.74, 6) is 0.714. The number of nitrogens with one attached hydrogen (secondary N) is 2. The fraction of sp³-hybridized carbons (Fsp3) is 0.343. The Morgan fingerprint density at radius 3 is 2.47 bits per heavy atom. The van der Waals surface area contributed by atoms with Gasteiger partial charge in [-0.2, -0.15) is 5.26 Å². The second-order valence-electron chi connectivity index (χ2n) is 11.5. The molecule has 4 aromatic rings.